The van der Waals surface area contributed by atoms with Crippen LogP contribution in [0.3, 0.4) is 0 Å². The molecule has 0 atom stereocenters. The quantitative estimate of drug-likeness (QED) is 0.439. The number of hydrogen-bond donors (Lipinski definition) is 0. The number of rotatable bonds is 6. The third kappa shape index (κ3) is 4.17. The van der Waals surface area contributed by atoms with Crippen molar-refractivity contribution in [1.29, 1.82) is 0 Å². The van der Waals surface area contributed by atoms with E-state index in [4.69, 9.17) is 4.74 Å². The Hall–Kier alpha value is -1.90. The molecule has 18 heavy (non-hydrogen) atoms. The third-order valence-electron chi connectivity index (χ3n) is 2.40. The topological polar surface area (TPSA) is 43.4 Å². The first kappa shape index (κ1) is 14.2. The molecular weight excluding hydrogens is 228 g/mol. The molecule has 0 saturated heterocycles. The Kier molecular flexibility index (Phi) is 5.85. The van der Waals surface area contributed by atoms with Crippen molar-refractivity contribution in [2.24, 2.45) is 0 Å². The summed E-state index contributed by atoms with van der Waals surface area (Å²) in [4.78, 5) is 23.3. The van der Waals surface area contributed by atoms with Crippen molar-refractivity contribution in [3.8, 4) is 0 Å². The van der Waals surface area contributed by atoms with Gasteiger partial charge in [-0.1, -0.05) is 43.3 Å². The van der Waals surface area contributed by atoms with Gasteiger partial charge in [-0.25, -0.2) is 0 Å². The second-order valence-electron chi connectivity index (χ2n) is 3.80. The number of hydrogen-bond acceptors (Lipinski definition) is 3. The Morgan fingerprint density at radius 1 is 1.22 bits per heavy atom. The van der Waals surface area contributed by atoms with Crippen molar-refractivity contribution in [3.05, 3.63) is 41.5 Å². The Bertz CT molecular complexity index is 447. The van der Waals surface area contributed by atoms with Crippen LogP contribution in [0.5, 0.6) is 0 Å². The normalized spacial score (nSPS) is 10.6. The lowest BCUT2D eigenvalue weighted by atomic mass is 10.0. The van der Waals surface area contributed by atoms with Crippen LogP contribution in [0.2, 0.25) is 0 Å². The largest absolute Gasteiger partial charge is 0.466 e. The van der Waals surface area contributed by atoms with Gasteiger partial charge in [-0.15, -0.1) is 0 Å². The molecule has 3 heteroatoms. The van der Waals surface area contributed by atoms with Gasteiger partial charge < -0.3 is 4.74 Å². The van der Waals surface area contributed by atoms with Gasteiger partial charge in [-0.05, 0) is 18.9 Å². The lowest BCUT2D eigenvalue weighted by Gasteiger charge is -2.05. The minimum Gasteiger partial charge on any atom is -0.466 e. The highest BCUT2D eigenvalue weighted by Crippen LogP contribution is 2.14. The monoisotopic (exact) mass is 246 g/mol. The lowest BCUT2D eigenvalue weighted by molar-refractivity contribution is -0.141. The van der Waals surface area contributed by atoms with E-state index in [0.717, 1.165) is 12.0 Å². The Labute approximate surface area is 107 Å². The summed E-state index contributed by atoms with van der Waals surface area (Å²) >= 11 is 0. The minimum absolute atomic E-state index is 0.204. The molecule has 96 valence electrons. The molecule has 0 fully saturated rings. The summed E-state index contributed by atoms with van der Waals surface area (Å²) in [5.41, 5.74) is 1.41. The van der Waals surface area contributed by atoms with Gasteiger partial charge in [0.05, 0.1) is 6.61 Å². The smallest absolute Gasteiger partial charge is 0.313 e. The van der Waals surface area contributed by atoms with E-state index in [1.54, 1.807) is 19.1 Å². The Morgan fingerprint density at radius 2 is 1.94 bits per heavy atom. The van der Waals surface area contributed by atoms with E-state index in [-0.39, 0.29) is 12.2 Å². The number of Topliss-reactive ketones (excluding diaryl/α,β-unsaturated/α-hetero) is 1. The van der Waals surface area contributed by atoms with Crippen LogP contribution >= 0.6 is 0 Å². The summed E-state index contributed by atoms with van der Waals surface area (Å²) in [6.45, 7) is 4.04. The molecule has 1 aromatic carbocycles. The molecular formula is C15H18O3. The van der Waals surface area contributed by atoms with E-state index in [1.165, 1.54) is 0 Å². The molecule has 0 N–H and O–H groups in total. The maximum absolute atomic E-state index is 12.0. The molecule has 1 aromatic rings. The van der Waals surface area contributed by atoms with Crippen molar-refractivity contribution >= 4 is 17.8 Å². The maximum atomic E-state index is 12.0. The zero-order valence-electron chi connectivity index (χ0n) is 10.8. The zero-order chi connectivity index (χ0) is 13.4. The average Bonchev–Trinajstić information content (AvgIpc) is 2.36. The minimum atomic E-state index is -0.475. The van der Waals surface area contributed by atoms with E-state index in [9.17, 15) is 9.59 Å². The molecule has 0 bridgehead atoms. The number of benzene rings is 1. The molecule has 0 saturated carbocycles. The van der Waals surface area contributed by atoms with Crippen LogP contribution in [-0.4, -0.2) is 18.4 Å². The summed E-state index contributed by atoms with van der Waals surface area (Å²) in [7, 11) is 0. The standard InChI is InChI=1S/C15H18O3/c1-3-5-8-12-9-6-7-10-13(12)14(16)11-15(17)18-4-2/h5-10H,3-4,11H2,1-2H3/b8-5+. The van der Waals surface area contributed by atoms with E-state index in [0.29, 0.717) is 12.2 Å². The number of allylic oxidation sites excluding steroid dienone is 1. The van der Waals surface area contributed by atoms with Gasteiger partial charge in [0.15, 0.2) is 5.78 Å². The van der Waals surface area contributed by atoms with Gasteiger partial charge in [-0.2, -0.15) is 0 Å². The highest BCUT2D eigenvalue weighted by atomic mass is 16.5. The van der Waals surface area contributed by atoms with Gasteiger partial charge in [0.2, 0.25) is 0 Å². The number of carbonyl (C=O) groups excluding carboxylic acids is 2. The van der Waals surface area contributed by atoms with E-state index in [2.05, 4.69) is 0 Å². The highest BCUT2D eigenvalue weighted by Gasteiger charge is 2.14. The highest BCUT2D eigenvalue weighted by molar-refractivity contribution is 6.07. The van der Waals surface area contributed by atoms with Crippen LogP contribution in [0.1, 0.15) is 42.6 Å². The van der Waals surface area contributed by atoms with E-state index in [1.807, 2.05) is 31.2 Å². The molecule has 0 aliphatic carbocycles. The first-order valence-electron chi connectivity index (χ1n) is 6.13. The van der Waals surface area contributed by atoms with Crippen LogP contribution in [0.4, 0.5) is 0 Å². The lowest BCUT2D eigenvalue weighted by Crippen LogP contribution is -2.12. The molecule has 0 aromatic heterocycles. The summed E-state index contributed by atoms with van der Waals surface area (Å²) in [6, 6.07) is 7.26. The van der Waals surface area contributed by atoms with Gasteiger partial charge in [0.25, 0.3) is 0 Å². The predicted octanol–water partition coefficient (Wildman–Crippen LogP) is 3.25. The number of esters is 1. The van der Waals surface area contributed by atoms with Gasteiger partial charge in [-0.3, -0.25) is 9.59 Å². The van der Waals surface area contributed by atoms with Crippen molar-refractivity contribution in [2.75, 3.05) is 6.61 Å². The molecule has 0 heterocycles. The predicted molar refractivity (Wildman–Crippen MR) is 71.3 cm³/mol. The average molecular weight is 246 g/mol. The van der Waals surface area contributed by atoms with Crippen LogP contribution in [0.25, 0.3) is 6.08 Å². The number of carbonyl (C=O) groups is 2. The summed E-state index contributed by atoms with van der Waals surface area (Å²) < 4.78 is 4.78. The first-order valence-corrected chi connectivity index (χ1v) is 6.13. The Balaban J connectivity index is 2.85. The summed E-state index contributed by atoms with van der Waals surface area (Å²) in [5, 5.41) is 0. The van der Waals surface area contributed by atoms with E-state index < -0.39 is 5.97 Å². The molecule has 0 aliphatic heterocycles. The molecule has 0 unspecified atom stereocenters. The molecule has 0 spiro atoms. The molecule has 0 aliphatic rings. The Morgan fingerprint density at radius 3 is 2.61 bits per heavy atom. The first-order chi connectivity index (χ1) is 8.69. The molecule has 1 rings (SSSR count). The van der Waals surface area contributed by atoms with Crippen molar-refractivity contribution in [1.82, 2.24) is 0 Å². The summed E-state index contributed by atoms with van der Waals surface area (Å²) in [5.74, 6) is -0.679. The molecule has 0 amide bonds. The fourth-order valence-corrected chi connectivity index (χ4v) is 1.58. The SMILES string of the molecule is CC/C=C/c1ccccc1C(=O)CC(=O)OCC. The fraction of sp³-hybridized carbons (Fsp3) is 0.333. The third-order valence-corrected chi connectivity index (χ3v) is 2.40. The van der Waals surface area contributed by atoms with Crippen LogP contribution in [-0.2, 0) is 9.53 Å². The molecule has 0 radical (unpaired) electrons. The fourth-order valence-electron chi connectivity index (χ4n) is 1.58. The van der Waals surface area contributed by atoms with Crippen LogP contribution in [0.15, 0.2) is 30.3 Å². The summed E-state index contributed by atoms with van der Waals surface area (Å²) in [6.07, 6.45) is 4.58. The van der Waals surface area contributed by atoms with Gasteiger partial charge >= 0.3 is 5.97 Å². The van der Waals surface area contributed by atoms with Crippen molar-refractivity contribution in [3.63, 3.8) is 0 Å². The maximum Gasteiger partial charge on any atom is 0.313 e. The number of ketones is 1. The second kappa shape index (κ2) is 7.43. The van der Waals surface area contributed by atoms with Crippen molar-refractivity contribution in [2.45, 2.75) is 26.7 Å². The van der Waals surface area contributed by atoms with Crippen LogP contribution in [0, 0.1) is 0 Å². The molecule has 3 nitrogen and oxygen atoms in total. The van der Waals surface area contributed by atoms with Crippen LogP contribution < -0.4 is 0 Å². The number of ether oxygens (including phenoxy) is 1. The van der Waals surface area contributed by atoms with E-state index >= 15 is 0 Å². The second-order valence-corrected chi connectivity index (χ2v) is 3.80. The van der Waals surface area contributed by atoms with Gasteiger partial charge in [0.1, 0.15) is 6.42 Å². The van der Waals surface area contributed by atoms with Gasteiger partial charge in [0, 0.05) is 5.56 Å². The van der Waals surface area contributed by atoms with Crippen molar-refractivity contribution < 1.29 is 14.3 Å². The zero-order valence-corrected chi connectivity index (χ0v) is 10.8.